The van der Waals surface area contributed by atoms with Gasteiger partial charge in [0.15, 0.2) is 0 Å². The molecule has 0 aromatic heterocycles. The Morgan fingerprint density at radius 1 is 1.27 bits per heavy atom. The lowest BCUT2D eigenvalue weighted by atomic mass is 9.87. The zero-order valence-electron chi connectivity index (χ0n) is 7.72. The Hall–Kier alpha value is 0.137. The molecule has 0 atom stereocenters. The van der Waals surface area contributed by atoms with Gasteiger partial charge in [-0.15, -0.1) is 0 Å². The van der Waals surface area contributed by atoms with Crippen molar-refractivity contribution >= 4 is 8.56 Å². The minimum absolute atomic E-state index is 0.895. The van der Waals surface area contributed by atoms with Crippen LogP contribution in [0.3, 0.4) is 0 Å². The summed E-state index contributed by atoms with van der Waals surface area (Å²) >= 11 is 0. The first-order chi connectivity index (χ1) is 5.20. The van der Waals surface area contributed by atoms with Gasteiger partial charge in [0.1, 0.15) is 0 Å². The Balaban J connectivity index is 2.29. The van der Waals surface area contributed by atoms with E-state index in [0.29, 0.717) is 0 Å². The van der Waals surface area contributed by atoms with Crippen molar-refractivity contribution in [2.24, 2.45) is 5.92 Å². The number of hydrogen-bond donors (Lipinski definition) is 0. The topological polar surface area (TPSA) is 18.5 Å². The maximum Gasteiger partial charge on any atom is 0.334 e. The van der Waals surface area contributed by atoms with Crippen LogP contribution in [0.25, 0.3) is 0 Å². The molecule has 0 bridgehead atoms. The summed E-state index contributed by atoms with van der Waals surface area (Å²) in [7, 11) is 1.81. The summed E-state index contributed by atoms with van der Waals surface area (Å²) in [4.78, 5) is 0. The Morgan fingerprint density at radius 3 is 2.09 bits per heavy atom. The number of rotatable bonds is 4. The Morgan fingerprint density at radius 2 is 1.82 bits per heavy atom. The van der Waals surface area contributed by atoms with Crippen molar-refractivity contribution in [2.45, 2.75) is 31.9 Å². The summed E-state index contributed by atoms with van der Waals surface area (Å²) in [6, 6.07) is 1.18. The van der Waals surface area contributed by atoms with Gasteiger partial charge in [-0.25, -0.2) is 0 Å². The molecule has 0 N–H and O–H groups in total. The van der Waals surface area contributed by atoms with E-state index in [4.69, 9.17) is 8.85 Å². The molecule has 0 aromatic carbocycles. The summed E-state index contributed by atoms with van der Waals surface area (Å²) in [6.45, 7) is 2.14. The van der Waals surface area contributed by atoms with Crippen LogP contribution in [0.5, 0.6) is 0 Å². The predicted molar refractivity (Wildman–Crippen MR) is 47.8 cm³/mol. The van der Waals surface area contributed by atoms with Crippen molar-refractivity contribution in [1.82, 2.24) is 0 Å². The Labute approximate surface area is 70.1 Å². The maximum absolute atomic E-state index is 5.41. The molecule has 0 aromatic rings. The Kier molecular flexibility index (Phi) is 3.10. The zero-order chi connectivity index (χ0) is 8.32. The summed E-state index contributed by atoms with van der Waals surface area (Å²) < 4.78 is 10.8. The van der Waals surface area contributed by atoms with Gasteiger partial charge in [-0.05, 0) is 18.5 Å². The normalized spacial score (nSPS) is 19.9. The van der Waals surface area contributed by atoms with Crippen LogP contribution >= 0.6 is 0 Å². The third kappa shape index (κ3) is 2.29. The van der Waals surface area contributed by atoms with Gasteiger partial charge in [0.2, 0.25) is 0 Å². The monoisotopic (exact) mass is 174 g/mol. The highest BCUT2D eigenvalue weighted by Gasteiger charge is 2.34. The molecule has 66 valence electrons. The van der Waals surface area contributed by atoms with Crippen molar-refractivity contribution in [3.8, 4) is 0 Å². The lowest BCUT2D eigenvalue weighted by molar-refractivity contribution is 0.224. The molecule has 0 radical (unpaired) electrons. The van der Waals surface area contributed by atoms with Gasteiger partial charge in [0, 0.05) is 14.2 Å². The molecular formula is C8H18O2Si. The van der Waals surface area contributed by atoms with Crippen LogP contribution in [0.1, 0.15) is 19.3 Å². The van der Waals surface area contributed by atoms with E-state index in [0.717, 1.165) is 5.92 Å². The van der Waals surface area contributed by atoms with E-state index in [9.17, 15) is 0 Å². The Bertz CT molecular complexity index is 119. The fraction of sp³-hybridized carbons (Fsp3) is 1.00. The molecule has 3 heteroatoms. The van der Waals surface area contributed by atoms with Crippen LogP contribution in [-0.4, -0.2) is 22.8 Å². The average Bonchev–Trinajstić information content (AvgIpc) is 1.97. The van der Waals surface area contributed by atoms with Gasteiger partial charge in [-0.1, -0.05) is 19.3 Å². The molecule has 11 heavy (non-hydrogen) atoms. The van der Waals surface area contributed by atoms with Crippen molar-refractivity contribution < 1.29 is 8.85 Å². The van der Waals surface area contributed by atoms with Gasteiger partial charge < -0.3 is 8.85 Å². The van der Waals surface area contributed by atoms with E-state index in [2.05, 4.69) is 6.55 Å². The van der Waals surface area contributed by atoms with E-state index >= 15 is 0 Å². The second kappa shape index (κ2) is 3.69. The van der Waals surface area contributed by atoms with Gasteiger partial charge >= 0.3 is 8.56 Å². The van der Waals surface area contributed by atoms with E-state index < -0.39 is 8.56 Å². The lowest BCUT2D eigenvalue weighted by Gasteiger charge is -2.32. The predicted octanol–water partition coefficient (Wildman–Crippen LogP) is 2.15. The summed E-state index contributed by atoms with van der Waals surface area (Å²) in [6.07, 6.45) is 4.17. The van der Waals surface area contributed by atoms with Crippen LogP contribution in [-0.2, 0) is 8.85 Å². The number of hydrogen-bond acceptors (Lipinski definition) is 2. The van der Waals surface area contributed by atoms with Crippen LogP contribution in [0, 0.1) is 5.92 Å². The van der Waals surface area contributed by atoms with Gasteiger partial charge in [-0.2, -0.15) is 0 Å². The second-order valence-electron chi connectivity index (χ2n) is 3.54. The summed E-state index contributed by atoms with van der Waals surface area (Å²) in [5, 5.41) is 0. The van der Waals surface area contributed by atoms with E-state index in [1.807, 2.05) is 0 Å². The maximum atomic E-state index is 5.41. The molecule has 0 unspecified atom stereocenters. The van der Waals surface area contributed by atoms with E-state index in [-0.39, 0.29) is 0 Å². The molecular weight excluding hydrogens is 156 g/mol. The van der Waals surface area contributed by atoms with Crippen LogP contribution < -0.4 is 0 Å². The molecule has 0 amide bonds. The SMILES string of the molecule is CO[Si](C)(CC1CCC1)OC. The zero-order valence-corrected chi connectivity index (χ0v) is 8.72. The van der Waals surface area contributed by atoms with Crippen LogP contribution in [0.15, 0.2) is 0 Å². The van der Waals surface area contributed by atoms with Gasteiger partial charge in [-0.3, -0.25) is 0 Å². The molecule has 1 fully saturated rings. The van der Waals surface area contributed by atoms with E-state index in [1.165, 1.54) is 25.3 Å². The highest BCUT2D eigenvalue weighted by molar-refractivity contribution is 6.66. The first kappa shape index (κ1) is 9.23. The first-order valence-electron chi connectivity index (χ1n) is 4.30. The van der Waals surface area contributed by atoms with Gasteiger partial charge in [0.25, 0.3) is 0 Å². The molecule has 1 saturated carbocycles. The molecule has 0 aliphatic heterocycles. The van der Waals surface area contributed by atoms with Crippen LogP contribution in [0.2, 0.25) is 12.6 Å². The molecule has 0 saturated heterocycles. The average molecular weight is 174 g/mol. The molecule has 1 aliphatic carbocycles. The fourth-order valence-electron chi connectivity index (χ4n) is 1.47. The fourth-order valence-corrected chi connectivity index (χ4v) is 3.43. The van der Waals surface area contributed by atoms with Crippen molar-refractivity contribution in [2.75, 3.05) is 14.2 Å². The molecule has 0 spiro atoms. The first-order valence-corrected chi connectivity index (χ1v) is 6.83. The molecule has 2 nitrogen and oxygen atoms in total. The highest BCUT2D eigenvalue weighted by Crippen LogP contribution is 2.34. The third-order valence-electron chi connectivity index (χ3n) is 2.75. The van der Waals surface area contributed by atoms with Gasteiger partial charge in [0.05, 0.1) is 0 Å². The molecule has 1 aliphatic rings. The summed E-state index contributed by atoms with van der Waals surface area (Å²) in [5.41, 5.74) is 0. The quantitative estimate of drug-likeness (QED) is 0.608. The molecule has 1 rings (SSSR count). The minimum Gasteiger partial charge on any atom is -0.398 e. The third-order valence-corrected chi connectivity index (χ3v) is 5.79. The highest BCUT2D eigenvalue weighted by atomic mass is 28.4. The smallest absolute Gasteiger partial charge is 0.334 e. The van der Waals surface area contributed by atoms with Crippen molar-refractivity contribution in [3.63, 3.8) is 0 Å². The van der Waals surface area contributed by atoms with E-state index in [1.54, 1.807) is 14.2 Å². The van der Waals surface area contributed by atoms with Crippen molar-refractivity contribution in [3.05, 3.63) is 0 Å². The standard InChI is InChI=1S/C8H18O2Si/c1-9-11(3,10-2)7-8-5-4-6-8/h8H,4-7H2,1-3H3. The summed E-state index contributed by atoms with van der Waals surface area (Å²) in [5.74, 6) is 0.895. The van der Waals surface area contributed by atoms with Crippen LogP contribution in [0.4, 0.5) is 0 Å². The minimum atomic E-state index is -1.73. The largest absolute Gasteiger partial charge is 0.398 e. The molecule has 0 heterocycles. The lowest BCUT2D eigenvalue weighted by Crippen LogP contribution is -2.39. The van der Waals surface area contributed by atoms with Crippen molar-refractivity contribution in [1.29, 1.82) is 0 Å². The second-order valence-corrected chi connectivity index (χ2v) is 7.04.